The summed E-state index contributed by atoms with van der Waals surface area (Å²) in [5.41, 5.74) is 5.48. The summed E-state index contributed by atoms with van der Waals surface area (Å²) in [6.07, 6.45) is 3.04. The molecule has 1 aliphatic heterocycles. The molecule has 2 N–H and O–H groups in total. The number of nitrogens with two attached hydrogens (primary N) is 1. The normalized spacial score (nSPS) is 23.9. The van der Waals surface area contributed by atoms with Crippen LogP contribution in [-0.4, -0.2) is 40.0 Å². The molecule has 72 valence electrons. The SMILES string of the molecule is CN1CCC(Cn2cc(N)nn2)C1. The zero-order valence-electron chi connectivity index (χ0n) is 7.85. The highest BCUT2D eigenvalue weighted by Gasteiger charge is 2.19. The molecule has 5 nitrogen and oxygen atoms in total. The number of aromatic nitrogens is 3. The fourth-order valence-corrected chi connectivity index (χ4v) is 1.84. The number of rotatable bonds is 2. The lowest BCUT2D eigenvalue weighted by atomic mass is 10.1. The zero-order chi connectivity index (χ0) is 9.26. The van der Waals surface area contributed by atoms with Gasteiger partial charge in [-0.2, -0.15) is 0 Å². The molecule has 0 amide bonds. The maximum Gasteiger partial charge on any atom is 0.165 e. The second-order valence-corrected chi connectivity index (χ2v) is 3.78. The molecule has 0 radical (unpaired) electrons. The standard InChI is InChI=1S/C8H15N5/c1-12-3-2-7(4-12)5-13-6-8(9)10-11-13/h6-7H,2-5,9H2,1H3. The molecule has 1 fully saturated rings. The number of anilines is 1. The Labute approximate surface area is 77.5 Å². The van der Waals surface area contributed by atoms with Gasteiger partial charge in [0.05, 0.1) is 6.20 Å². The van der Waals surface area contributed by atoms with E-state index in [1.807, 2.05) is 4.68 Å². The fourth-order valence-electron chi connectivity index (χ4n) is 1.84. The maximum atomic E-state index is 5.48. The molecule has 0 spiro atoms. The third-order valence-corrected chi connectivity index (χ3v) is 2.49. The average Bonchev–Trinajstić information content (AvgIpc) is 2.62. The van der Waals surface area contributed by atoms with Crippen LogP contribution >= 0.6 is 0 Å². The van der Waals surface area contributed by atoms with Crippen LogP contribution < -0.4 is 5.73 Å². The van der Waals surface area contributed by atoms with Crippen molar-refractivity contribution in [2.45, 2.75) is 13.0 Å². The smallest absolute Gasteiger partial charge is 0.165 e. The number of hydrogen-bond acceptors (Lipinski definition) is 4. The molecule has 13 heavy (non-hydrogen) atoms. The van der Waals surface area contributed by atoms with Crippen LogP contribution in [-0.2, 0) is 6.54 Å². The van der Waals surface area contributed by atoms with Crippen LogP contribution in [0.3, 0.4) is 0 Å². The summed E-state index contributed by atoms with van der Waals surface area (Å²) < 4.78 is 1.83. The van der Waals surface area contributed by atoms with Crippen molar-refractivity contribution in [1.29, 1.82) is 0 Å². The largest absolute Gasteiger partial charge is 0.381 e. The van der Waals surface area contributed by atoms with Crippen LogP contribution in [0.25, 0.3) is 0 Å². The highest BCUT2D eigenvalue weighted by Crippen LogP contribution is 2.15. The first-order valence-corrected chi connectivity index (χ1v) is 4.58. The third-order valence-electron chi connectivity index (χ3n) is 2.49. The number of nitrogens with zero attached hydrogens (tertiary/aromatic N) is 4. The van der Waals surface area contributed by atoms with E-state index in [4.69, 9.17) is 5.73 Å². The molecule has 1 aliphatic rings. The highest BCUT2D eigenvalue weighted by atomic mass is 15.4. The molecule has 2 rings (SSSR count). The highest BCUT2D eigenvalue weighted by molar-refractivity contribution is 5.19. The Bertz CT molecular complexity index is 282. The fraction of sp³-hybridized carbons (Fsp3) is 0.750. The van der Waals surface area contributed by atoms with Crippen LogP contribution in [0.2, 0.25) is 0 Å². The lowest BCUT2D eigenvalue weighted by Crippen LogP contribution is -2.17. The van der Waals surface area contributed by atoms with E-state index < -0.39 is 0 Å². The second-order valence-electron chi connectivity index (χ2n) is 3.78. The van der Waals surface area contributed by atoms with E-state index in [2.05, 4.69) is 22.3 Å². The van der Waals surface area contributed by atoms with Crippen molar-refractivity contribution in [1.82, 2.24) is 19.9 Å². The maximum absolute atomic E-state index is 5.48. The zero-order valence-corrected chi connectivity index (χ0v) is 7.85. The van der Waals surface area contributed by atoms with Crippen molar-refractivity contribution >= 4 is 5.82 Å². The van der Waals surface area contributed by atoms with Gasteiger partial charge in [0, 0.05) is 13.1 Å². The van der Waals surface area contributed by atoms with Crippen molar-refractivity contribution in [3.63, 3.8) is 0 Å². The van der Waals surface area contributed by atoms with Gasteiger partial charge in [0.15, 0.2) is 5.82 Å². The molecule has 1 aromatic heterocycles. The Hall–Kier alpha value is -1.10. The molecule has 1 unspecified atom stereocenters. The first-order valence-electron chi connectivity index (χ1n) is 4.58. The van der Waals surface area contributed by atoms with Gasteiger partial charge in [-0.3, -0.25) is 4.68 Å². The van der Waals surface area contributed by atoms with Gasteiger partial charge in [-0.15, -0.1) is 5.10 Å². The summed E-state index contributed by atoms with van der Waals surface area (Å²) in [6.45, 7) is 3.28. The van der Waals surface area contributed by atoms with Gasteiger partial charge in [0.2, 0.25) is 0 Å². The summed E-state index contributed by atoms with van der Waals surface area (Å²) in [7, 11) is 2.15. The van der Waals surface area contributed by atoms with Gasteiger partial charge in [-0.1, -0.05) is 5.21 Å². The monoisotopic (exact) mass is 181 g/mol. The Morgan fingerprint density at radius 2 is 2.54 bits per heavy atom. The molecule has 5 heteroatoms. The van der Waals surface area contributed by atoms with Crippen LogP contribution in [0.5, 0.6) is 0 Å². The lowest BCUT2D eigenvalue weighted by molar-refractivity contribution is 0.367. The van der Waals surface area contributed by atoms with Crippen LogP contribution in [0.15, 0.2) is 6.20 Å². The van der Waals surface area contributed by atoms with Crippen molar-refractivity contribution in [3.05, 3.63) is 6.20 Å². The summed E-state index contributed by atoms with van der Waals surface area (Å²) in [5, 5.41) is 7.68. The Kier molecular flexibility index (Phi) is 2.18. The first kappa shape index (κ1) is 8.50. The quantitative estimate of drug-likeness (QED) is 0.687. The van der Waals surface area contributed by atoms with E-state index in [1.54, 1.807) is 6.20 Å². The summed E-state index contributed by atoms with van der Waals surface area (Å²) in [4.78, 5) is 2.34. The first-order chi connectivity index (χ1) is 6.24. The molecular formula is C8H15N5. The van der Waals surface area contributed by atoms with E-state index in [0.29, 0.717) is 11.7 Å². The summed E-state index contributed by atoms with van der Waals surface area (Å²) >= 11 is 0. The molecule has 2 heterocycles. The minimum atomic E-state index is 0.506. The van der Waals surface area contributed by atoms with Crippen LogP contribution in [0.1, 0.15) is 6.42 Å². The Morgan fingerprint density at radius 1 is 1.69 bits per heavy atom. The number of hydrogen-bond donors (Lipinski definition) is 1. The van der Waals surface area contributed by atoms with Gasteiger partial charge in [-0.25, -0.2) is 0 Å². The molecular weight excluding hydrogens is 166 g/mol. The topological polar surface area (TPSA) is 60.0 Å². The molecule has 0 aromatic carbocycles. The predicted octanol–water partition coefficient (Wildman–Crippen LogP) is -0.188. The summed E-state index contributed by atoms with van der Waals surface area (Å²) in [6, 6.07) is 0. The van der Waals surface area contributed by atoms with E-state index in [0.717, 1.165) is 13.1 Å². The molecule has 0 saturated carbocycles. The Balaban J connectivity index is 1.91. The molecule has 1 saturated heterocycles. The minimum Gasteiger partial charge on any atom is -0.381 e. The van der Waals surface area contributed by atoms with Crippen molar-refractivity contribution in [2.75, 3.05) is 25.9 Å². The van der Waals surface area contributed by atoms with Gasteiger partial charge in [-0.05, 0) is 25.9 Å². The van der Waals surface area contributed by atoms with E-state index in [1.165, 1.54) is 13.0 Å². The van der Waals surface area contributed by atoms with Crippen molar-refractivity contribution in [2.24, 2.45) is 5.92 Å². The molecule has 1 aromatic rings. The second kappa shape index (κ2) is 3.33. The van der Waals surface area contributed by atoms with Crippen LogP contribution in [0, 0.1) is 5.92 Å². The Morgan fingerprint density at radius 3 is 3.08 bits per heavy atom. The minimum absolute atomic E-state index is 0.506. The van der Waals surface area contributed by atoms with Crippen LogP contribution in [0.4, 0.5) is 5.82 Å². The van der Waals surface area contributed by atoms with Gasteiger partial charge in [0.25, 0.3) is 0 Å². The lowest BCUT2D eigenvalue weighted by Gasteiger charge is -2.09. The molecule has 0 bridgehead atoms. The number of nitrogen functional groups attached to an aromatic ring is 1. The van der Waals surface area contributed by atoms with Crippen molar-refractivity contribution in [3.8, 4) is 0 Å². The van der Waals surface area contributed by atoms with Gasteiger partial charge in [0.1, 0.15) is 0 Å². The van der Waals surface area contributed by atoms with E-state index in [-0.39, 0.29) is 0 Å². The summed E-state index contributed by atoms with van der Waals surface area (Å²) in [5.74, 6) is 1.21. The average molecular weight is 181 g/mol. The van der Waals surface area contributed by atoms with Gasteiger partial charge >= 0.3 is 0 Å². The van der Waals surface area contributed by atoms with E-state index in [9.17, 15) is 0 Å². The number of likely N-dealkylation sites (tertiary alicyclic amines) is 1. The van der Waals surface area contributed by atoms with Crippen molar-refractivity contribution < 1.29 is 0 Å². The molecule has 0 aliphatic carbocycles. The van der Waals surface area contributed by atoms with Gasteiger partial charge < -0.3 is 10.6 Å². The predicted molar refractivity (Wildman–Crippen MR) is 50.0 cm³/mol. The van der Waals surface area contributed by atoms with E-state index >= 15 is 0 Å². The molecule has 1 atom stereocenters. The third kappa shape index (κ3) is 1.98.